The van der Waals surface area contributed by atoms with E-state index in [0.717, 1.165) is 15.8 Å². The van der Waals surface area contributed by atoms with Gasteiger partial charge in [0.15, 0.2) is 5.82 Å². The van der Waals surface area contributed by atoms with Crippen LogP contribution in [-0.2, 0) is 11.3 Å². The molecular weight excluding hydrogens is 483 g/mol. The van der Waals surface area contributed by atoms with E-state index in [2.05, 4.69) is 20.4 Å². The third-order valence-electron chi connectivity index (χ3n) is 4.82. The quantitative estimate of drug-likeness (QED) is 0.314. The van der Waals surface area contributed by atoms with Gasteiger partial charge in [-0.25, -0.2) is 0 Å². The molecule has 0 bridgehead atoms. The normalized spacial score (nSPS) is 11.0. The van der Waals surface area contributed by atoms with Crippen LogP contribution in [0.2, 0.25) is 10.0 Å². The molecule has 2 N–H and O–H groups in total. The van der Waals surface area contributed by atoms with Gasteiger partial charge in [-0.05, 0) is 31.2 Å². The number of rotatable bonds is 8. The van der Waals surface area contributed by atoms with Crippen molar-refractivity contribution in [2.75, 3.05) is 17.6 Å². The van der Waals surface area contributed by atoms with Crippen molar-refractivity contribution in [2.45, 2.75) is 18.4 Å². The summed E-state index contributed by atoms with van der Waals surface area (Å²) in [6.07, 6.45) is 1.99. The summed E-state index contributed by atoms with van der Waals surface area (Å²) in [7, 11) is 0. The number of amides is 2. The minimum absolute atomic E-state index is 0.169. The first-order valence-electron chi connectivity index (χ1n) is 10.1. The second-order valence-electron chi connectivity index (χ2n) is 7.24. The fourth-order valence-corrected chi connectivity index (χ4v) is 4.70. The van der Waals surface area contributed by atoms with Crippen molar-refractivity contribution in [1.29, 1.82) is 0 Å². The van der Waals surface area contributed by atoms with Crippen LogP contribution in [0.1, 0.15) is 16.1 Å². The number of aromatic nitrogens is 2. The molecule has 10 heteroatoms. The lowest BCUT2D eigenvalue weighted by atomic mass is 10.2. The number of aryl methyl sites for hydroxylation is 1. The number of hydrogen-bond acceptors (Lipinski definition) is 5. The Morgan fingerprint density at radius 2 is 1.97 bits per heavy atom. The SMILES string of the molecule is Cc1cc(NC(=O)CSc2cn(CCNC(=O)c3ccc(Cl)cc3Cl)c3ccccc23)no1. The zero-order chi connectivity index (χ0) is 23.4. The number of carbonyl (C=O) groups excluding carboxylic acids is 2. The molecule has 0 fully saturated rings. The fraction of sp³-hybridized carbons (Fsp3) is 0.174. The van der Waals surface area contributed by atoms with Gasteiger partial charge in [-0.1, -0.05) is 46.6 Å². The molecule has 2 aromatic heterocycles. The van der Waals surface area contributed by atoms with E-state index < -0.39 is 0 Å². The van der Waals surface area contributed by atoms with E-state index in [4.69, 9.17) is 27.7 Å². The number of nitrogens with one attached hydrogen (secondary N) is 2. The average Bonchev–Trinajstić information content (AvgIpc) is 3.35. The standard InChI is InChI=1S/C23H20Cl2N4O3S/c1-14-10-21(28-32-14)27-22(30)13-33-20-12-29(19-5-3-2-4-17(19)20)9-8-26-23(31)16-7-6-15(24)11-18(16)25/h2-7,10-12H,8-9,13H2,1H3,(H,26,31)(H,27,28,30). The van der Waals surface area contributed by atoms with Gasteiger partial charge >= 0.3 is 0 Å². The first kappa shape index (κ1) is 23.2. The van der Waals surface area contributed by atoms with Gasteiger partial charge in [0.05, 0.1) is 16.3 Å². The molecule has 0 radical (unpaired) electrons. The van der Waals surface area contributed by atoms with Crippen molar-refractivity contribution in [3.8, 4) is 0 Å². The van der Waals surface area contributed by atoms with Crippen LogP contribution < -0.4 is 10.6 Å². The Labute approximate surface area is 204 Å². The smallest absolute Gasteiger partial charge is 0.252 e. The maximum Gasteiger partial charge on any atom is 0.252 e. The summed E-state index contributed by atoms with van der Waals surface area (Å²) in [5, 5.41) is 11.2. The molecule has 0 saturated heterocycles. The maximum atomic E-state index is 12.5. The van der Waals surface area contributed by atoms with Gasteiger partial charge in [-0.15, -0.1) is 11.8 Å². The van der Waals surface area contributed by atoms with Crippen LogP contribution in [0.25, 0.3) is 10.9 Å². The number of nitrogens with zero attached hydrogens (tertiary/aromatic N) is 2. The highest BCUT2D eigenvalue weighted by atomic mass is 35.5. The Hall–Kier alpha value is -2.94. The van der Waals surface area contributed by atoms with Crippen molar-refractivity contribution < 1.29 is 14.1 Å². The van der Waals surface area contributed by atoms with Crippen molar-refractivity contribution in [1.82, 2.24) is 15.0 Å². The second kappa shape index (κ2) is 10.3. The highest BCUT2D eigenvalue weighted by molar-refractivity contribution is 8.00. The lowest BCUT2D eigenvalue weighted by Crippen LogP contribution is -2.27. The van der Waals surface area contributed by atoms with E-state index in [0.29, 0.717) is 40.3 Å². The summed E-state index contributed by atoms with van der Waals surface area (Å²) >= 11 is 13.5. The molecule has 0 aliphatic carbocycles. The van der Waals surface area contributed by atoms with Gasteiger partial charge < -0.3 is 19.7 Å². The minimum Gasteiger partial charge on any atom is -0.360 e. The van der Waals surface area contributed by atoms with Crippen LogP contribution in [0.5, 0.6) is 0 Å². The summed E-state index contributed by atoms with van der Waals surface area (Å²) in [5.41, 5.74) is 1.40. The number of halogens is 2. The van der Waals surface area contributed by atoms with Gasteiger partial charge in [0.25, 0.3) is 5.91 Å². The summed E-state index contributed by atoms with van der Waals surface area (Å²) in [4.78, 5) is 25.7. The molecule has 2 aromatic carbocycles. The number of benzene rings is 2. The Bertz CT molecular complexity index is 1320. The van der Waals surface area contributed by atoms with E-state index in [1.54, 1.807) is 31.2 Å². The highest BCUT2D eigenvalue weighted by Gasteiger charge is 2.13. The Balaban J connectivity index is 1.39. The first-order chi connectivity index (χ1) is 15.9. The van der Waals surface area contributed by atoms with E-state index in [9.17, 15) is 9.59 Å². The topological polar surface area (TPSA) is 89.2 Å². The van der Waals surface area contributed by atoms with Crippen LogP contribution in [0.15, 0.2) is 64.1 Å². The Morgan fingerprint density at radius 1 is 1.15 bits per heavy atom. The molecule has 33 heavy (non-hydrogen) atoms. The van der Waals surface area contributed by atoms with Crippen LogP contribution in [-0.4, -0.2) is 33.8 Å². The summed E-state index contributed by atoms with van der Waals surface area (Å²) in [6, 6.07) is 14.4. The van der Waals surface area contributed by atoms with Gasteiger partial charge in [0.1, 0.15) is 5.76 Å². The summed E-state index contributed by atoms with van der Waals surface area (Å²) in [6.45, 7) is 2.73. The van der Waals surface area contributed by atoms with Gasteiger partial charge in [0.2, 0.25) is 5.91 Å². The predicted octanol–water partition coefficient (Wildman–Crippen LogP) is 5.41. The van der Waals surface area contributed by atoms with Gasteiger partial charge in [-0.3, -0.25) is 9.59 Å². The number of thioether (sulfide) groups is 1. The zero-order valence-electron chi connectivity index (χ0n) is 17.6. The average molecular weight is 503 g/mol. The molecule has 2 amide bonds. The largest absolute Gasteiger partial charge is 0.360 e. The van der Waals surface area contributed by atoms with Crippen molar-refractivity contribution in [3.63, 3.8) is 0 Å². The molecule has 7 nitrogen and oxygen atoms in total. The molecule has 0 saturated carbocycles. The van der Waals surface area contributed by atoms with Crippen LogP contribution in [0, 0.1) is 6.92 Å². The number of anilines is 1. The molecule has 0 aliphatic heterocycles. The van der Waals surface area contributed by atoms with E-state index >= 15 is 0 Å². The van der Waals surface area contributed by atoms with E-state index in [-0.39, 0.29) is 17.6 Å². The summed E-state index contributed by atoms with van der Waals surface area (Å²) < 4.78 is 7.02. The number of hydrogen-bond donors (Lipinski definition) is 2. The number of fused-ring (bicyclic) bond motifs is 1. The molecule has 170 valence electrons. The lowest BCUT2D eigenvalue weighted by Gasteiger charge is -2.09. The van der Waals surface area contributed by atoms with Gasteiger partial charge in [-0.2, -0.15) is 0 Å². The van der Waals surface area contributed by atoms with E-state index in [1.807, 2.05) is 30.5 Å². The molecule has 0 spiro atoms. The van der Waals surface area contributed by atoms with Crippen molar-refractivity contribution in [3.05, 3.63) is 76.1 Å². The lowest BCUT2D eigenvalue weighted by molar-refractivity contribution is -0.113. The zero-order valence-corrected chi connectivity index (χ0v) is 19.9. The molecule has 4 aromatic rings. The monoisotopic (exact) mass is 502 g/mol. The van der Waals surface area contributed by atoms with Crippen LogP contribution >= 0.6 is 35.0 Å². The van der Waals surface area contributed by atoms with Crippen molar-refractivity contribution in [2.24, 2.45) is 0 Å². The third kappa shape index (κ3) is 5.71. The molecule has 2 heterocycles. The second-order valence-corrected chi connectivity index (χ2v) is 9.10. The minimum atomic E-state index is -0.262. The highest BCUT2D eigenvalue weighted by Crippen LogP contribution is 2.30. The number of para-hydroxylation sites is 1. The Morgan fingerprint density at radius 3 is 2.73 bits per heavy atom. The third-order valence-corrected chi connectivity index (χ3v) is 6.41. The first-order valence-corrected chi connectivity index (χ1v) is 11.8. The molecule has 0 atom stereocenters. The molecular formula is C23H20Cl2N4O3S. The van der Waals surface area contributed by atoms with E-state index in [1.165, 1.54) is 11.8 Å². The molecule has 0 aliphatic rings. The fourth-order valence-electron chi connectivity index (χ4n) is 3.32. The number of carbonyl (C=O) groups is 2. The van der Waals surface area contributed by atoms with Crippen molar-refractivity contribution >= 4 is 63.5 Å². The molecule has 0 unspecified atom stereocenters. The van der Waals surface area contributed by atoms with Gasteiger partial charge in [0, 0.05) is 46.2 Å². The van der Waals surface area contributed by atoms with Crippen LogP contribution in [0.3, 0.4) is 0 Å². The predicted molar refractivity (Wildman–Crippen MR) is 131 cm³/mol. The Kier molecular flexibility index (Phi) is 7.27. The molecule has 4 rings (SSSR count). The van der Waals surface area contributed by atoms with Crippen LogP contribution in [0.4, 0.5) is 5.82 Å². The maximum absolute atomic E-state index is 12.5. The summed E-state index contributed by atoms with van der Waals surface area (Å²) in [5.74, 6) is 0.828.